The Morgan fingerprint density at radius 2 is 1.98 bits per heavy atom. The van der Waals surface area contributed by atoms with Gasteiger partial charge in [-0.2, -0.15) is 5.10 Å². The summed E-state index contributed by atoms with van der Waals surface area (Å²) in [6, 6.07) is 13.2. The van der Waals surface area contributed by atoms with Crippen molar-refractivity contribution in [2.24, 2.45) is 0 Å². The van der Waals surface area contributed by atoms with Gasteiger partial charge in [-0.15, -0.1) is 12.4 Å². The number of anilines is 1. The molecule has 1 fully saturated rings. The number of pyridine rings is 1. The number of amides is 1. The van der Waals surface area contributed by atoms with Gasteiger partial charge in [-0.05, 0) is 31.5 Å². The van der Waals surface area contributed by atoms with Gasteiger partial charge in [-0.3, -0.25) is 14.5 Å². The van der Waals surface area contributed by atoms with Gasteiger partial charge in [0.2, 0.25) is 5.91 Å². The summed E-state index contributed by atoms with van der Waals surface area (Å²) in [5.74, 6) is 0.708. The highest BCUT2D eigenvalue weighted by molar-refractivity contribution is 7.91. The number of aromatic nitrogens is 3. The molecule has 2 aliphatic rings. The van der Waals surface area contributed by atoms with Gasteiger partial charge in [0.1, 0.15) is 5.75 Å². The lowest BCUT2D eigenvalue weighted by molar-refractivity contribution is -0.122. The van der Waals surface area contributed by atoms with Crippen LogP contribution in [0.2, 0.25) is 5.02 Å². The first-order valence-electron chi connectivity index (χ1n) is 13.2. The largest absolute Gasteiger partial charge is 0.493 e. The fourth-order valence-electron chi connectivity index (χ4n) is 5.77. The van der Waals surface area contributed by atoms with Gasteiger partial charge in [0.15, 0.2) is 9.84 Å². The maximum atomic E-state index is 14.2. The first-order valence-corrected chi connectivity index (χ1v) is 15.4. The topological polar surface area (TPSA) is 115 Å². The second-order valence-electron chi connectivity index (χ2n) is 10.9. The van der Waals surface area contributed by atoms with Crippen LogP contribution in [0.25, 0.3) is 10.8 Å². The van der Waals surface area contributed by atoms with Crippen LogP contribution in [0, 0.1) is 0 Å². The summed E-state index contributed by atoms with van der Waals surface area (Å²) in [6.07, 6.45) is 8.05. The van der Waals surface area contributed by atoms with Crippen LogP contribution in [0.5, 0.6) is 5.75 Å². The molecule has 2 aliphatic heterocycles. The van der Waals surface area contributed by atoms with E-state index in [1.165, 1.54) is 0 Å². The third-order valence-corrected chi connectivity index (χ3v) is 10.1. The van der Waals surface area contributed by atoms with E-state index in [-0.39, 0.29) is 29.8 Å². The second-order valence-corrected chi connectivity index (χ2v) is 13.5. The molecule has 41 heavy (non-hydrogen) atoms. The molecule has 9 nitrogen and oxygen atoms in total. The predicted molar refractivity (Wildman–Crippen MR) is 162 cm³/mol. The number of hydrogen-bond acceptors (Lipinski definition) is 7. The van der Waals surface area contributed by atoms with Gasteiger partial charge in [-0.1, -0.05) is 35.9 Å². The minimum atomic E-state index is -3.06. The number of rotatable bonds is 7. The average Bonchev–Trinajstić information content (AvgIpc) is 3.53. The van der Waals surface area contributed by atoms with Gasteiger partial charge >= 0.3 is 0 Å². The molecule has 0 bridgehead atoms. The Morgan fingerprint density at radius 1 is 1.15 bits per heavy atom. The fraction of sp³-hybridized carbons (Fsp3) is 0.345. The SMILES string of the molecule is CC1(n2cc(CNCC3(C(=O)Nc4cncc5ccccc45)CCOc4ccc(Cl)cc43)cn2)CCS(=O)(=O)C1.Cl. The number of ether oxygens (including phenoxy) is 1. The van der Waals surface area contributed by atoms with Crippen LogP contribution >= 0.6 is 24.0 Å². The quantitative estimate of drug-likeness (QED) is 0.315. The van der Waals surface area contributed by atoms with Crippen LogP contribution < -0.4 is 15.4 Å². The second kappa shape index (κ2) is 11.2. The fourth-order valence-corrected chi connectivity index (χ4v) is 8.06. The Hall–Kier alpha value is -3.18. The summed E-state index contributed by atoms with van der Waals surface area (Å²) >= 11 is 6.40. The molecular weight excluding hydrogens is 585 g/mol. The Balaban J connectivity index is 0.00000337. The highest BCUT2D eigenvalue weighted by Gasteiger charge is 2.45. The van der Waals surface area contributed by atoms with E-state index in [0.717, 1.165) is 21.9 Å². The van der Waals surface area contributed by atoms with Crippen LogP contribution in [-0.2, 0) is 32.1 Å². The van der Waals surface area contributed by atoms with Crippen molar-refractivity contribution in [3.63, 3.8) is 0 Å². The first kappa shape index (κ1) is 29.3. The molecule has 6 rings (SSSR count). The zero-order valence-corrected chi connectivity index (χ0v) is 24.9. The third-order valence-electron chi connectivity index (χ3n) is 8.02. The van der Waals surface area contributed by atoms with Gasteiger partial charge in [0, 0.05) is 58.8 Å². The molecule has 1 amide bonds. The predicted octanol–water partition coefficient (Wildman–Crippen LogP) is 4.49. The van der Waals surface area contributed by atoms with Crippen molar-refractivity contribution in [2.75, 3.05) is 30.0 Å². The molecule has 2 atom stereocenters. The summed E-state index contributed by atoms with van der Waals surface area (Å²) in [5, 5.41) is 13.4. The van der Waals surface area contributed by atoms with E-state index >= 15 is 0 Å². The van der Waals surface area contributed by atoms with Crippen LogP contribution in [0.15, 0.2) is 67.3 Å². The summed E-state index contributed by atoms with van der Waals surface area (Å²) in [6.45, 7) is 3.07. The van der Waals surface area contributed by atoms with Gasteiger partial charge in [-0.25, -0.2) is 8.42 Å². The molecule has 0 saturated carbocycles. The smallest absolute Gasteiger partial charge is 0.236 e. The molecule has 4 heterocycles. The molecule has 12 heteroatoms. The van der Waals surface area contributed by atoms with Crippen LogP contribution in [0.4, 0.5) is 5.69 Å². The van der Waals surface area contributed by atoms with Crippen molar-refractivity contribution >= 4 is 56.2 Å². The van der Waals surface area contributed by atoms with Crippen molar-refractivity contribution in [3.8, 4) is 5.75 Å². The molecule has 0 radical (unpaired) electrons. The zero-order valence-electron chi connectivity index (χ0n) is 22.5. The van der Waals surface area contributed by atoms with E-state index in [1.54, 1.807) is 41.5 Å². The summed E-state index contributed by atoms with van der Waals surface area (Å²) in [5.41, 5.74) is 0.748. The molecule has 0 aliphatic carbocycles. The van der Waals surface area contributed by atoms with Crippen LogP contribution in [-0.4, -0.2) is 53.7 Å². The minimum Gasteiger partial charge on any atom is -0.493 e. The Morgan fingerprint density at radius 3 is 2.78 bits per heavy atom. The van der Waals surface area contributed by atoms with E-state index in [4.69, 9.17) is 16.3 Å². The third kappa shape index (κ3) is 5.66. The van der Waals surface area contributed by atoms with Crippen LogP contribution in [0.1, 0.15) is 30.9 Å². The molecule has 0 spiro atoms. The lowest BCUT2D eigenvalue weighted by Crippen LogP contribution is -2.50. The summed E-state index contributed by atoms with van der Waals surface area (Å²) in [4.78, 5) is 18.5. The first-order chi connectivity index (χ1) is 19.2. The number of benzene rings is 2. The number of nitrogens with one attached hydrogen (secondary N) is 2. The van der Waals surface area contributed by atoms with Crippen molar-refractivity contribution < 1.29 is 17.9 Å². The van der Waals surface area contributed by atoms with Crippen LogP contribution in [0.3, 0.4) is 0 Å². The standard InChI is InChI=1S/C29H30ClN5O4S.ClH/c1-28(9-11-40(37,38)19-28)35-17-20(14-33-35)13-32-18-29(8-10-39-26-7-6-22(30)12-24(26)29)27(36)34-25-16-31-15-21-4-2-3-5-23(21)25;/h2-7,12,14-17,32H,8-11,13,18-19H2,1H3,(H,34,36);1H. The Kier molecular flexibility index (Phi) is 8.04. The molecular formula is C29H31Cl2N5O4S. The average molecular weight is 617 g/mol. The van der Waals surface area contributed by atoms with Crippen molar-refractivity contribution in [1.29, 1.82) is 0 Å². The van der Waals surface area contributed by atoms with Gasteiger partial charge < -0.3 is 15.4 Å². The molecule has 2 aromatic carbocycles. The number of carbonyl (C=O) groups is 1. The Bertz CT molecular complexity index is 1710. The Labute approximate surface area is 250 Å². The highest BCUT2D eigenvalue weighted by Crippen LogP contribution is 2.41. The normalized spacial score (nSPS) is 22.9. The maximum absolute atomic E-state index is 14.2. The van der Waals surface area contributed by atoms with E-state index < -0.39 is 20.8 Å². The lowest BCUT2D eigenvalue weighted by atomic mass is 9.74. The number of carbonyl (C=O) groups excluding carboxylic acids is 1. The van der Waals surface area contributed by atoms with E-state index in [2.05, 4.69) is 20.7 Å². The maximum Gasteiger partial charge on any atom is 0.236 e. The minimum absolute atomic E-state index is 0. The molecule has 4 aromatic rings. The number of fused-ring (bicyclic) bond motifs is 2. The molecule has 1 saturated heterocycles. The van der Waals surface area contributed by atoms with E-state index in [0.29, 0.717) is 49.0 Å². The van der Waals surface area contributed by atoms with Crippen molar-refractivity contribution in [1.82, 2.24) is 20.1 Å². The molecule has 216 valence electrons. The van der Waals surface area contributed by atoms with E-state index in [1.807, 2.05) is 37.4 Å². The van der Waals surface area contributed by atoms with E-state index in [9.17, 15) is 13.2 Å². The summed E-state index contributed by atoms with van der Waals surface area (Å²) in [7, 11) is -3.06. The molecule has 2 unspecified atom stereocenters. The summed E-state index contributed by atoms with van der Waals surface area (Å²) < 4.78 is 31.8. The number of sulfone groups is 1. The van der Waals surface area contributed by atoms with Gasteiger partial charge in [0.05, 0.1) is 47.1 Å². The van der Waals surface area contributed by atoms with Gasteiger partial charge in [0.25, 0.3) is 0 Å². The van der Waals surface area contributed by atoms with Crippen molar-refractivity contribution in [2.45, 2.75) is 37.3 Å². The van der Waals surface area contributed by atoms with Crippen molar-refractivity contribution in [3.05, 3.63) is 83.4 Å². The molecule has 2 aromatic heterocycles. The number of nitrogens with zero attached hydrogens (tertiary/aromatic N) is 3. The molecule has 2 N–H and O–H groups in total. The lowest BCUT2D eigenvalue weighted by Gasteiger charge is -2.38. The number of hydrogen-bond donors (Lipinski definition) is 2. The monoisotopic (exact) mass is 615 g/mol. The highest BCUT2D eigenvalue weighted by atomic mass is 35.5. The zero-order chi connectivity index (χ0) is 28.0. The number of halogens is 2.